The highest BCUT2D eigenvalue weighted by Crippen LogP contribution is 2.17. The molecule has 1 aromatic carbocycles. The number of aryl methyl sites for hydroxylation is 2. The highest BCUT2D eigenvalue weighted by molar-refractivity contribution is 7.11. The molecule has 1 heterocycles. The molecule has 6 heteroatoms. The van der Waals surface area contributed by atoms with Crippen LogP contribution >= 0.6 is 11.3 Å². The minimum absolute atomic E-state index is 0.606. The maximum Gasteiger partial charge on any atom is 0.191 e. The van der Waals surface area contributed by atoms with E-state index in [9.17, 15) is 0 Å². The van der Waals surface area contributed by atoms with Crippen molar-refractivity contribution in [3.8, 4) is 5.75 Å². The van der Waals surface area contributed by atoms with E-state index in [0.29, 0.717) is 6.54 Å². The molecule has 0 bridgehead atoms. The summed E-state index contributed by atoms with van der Waals surface area (Å²) in [4.78, 5) is 10.5. The summed E-state index contributed by atoms with van der Waals surface area (Å²) >= 11 is 1.72. The molecule has 142 valence electrons. The van der Waals surface area contributed by atoms with Crippen molar-refractivity contribution >= 4 is 17.3 Å². The van der Waals surface area contributed by atoms with Crippen LogP contribution in [0.4, 0.5) is 0 Å². The third-order valence-electron chi connectivity index (χ3n) is 3.87. The van der Waals surface area contributed by atoms with Gasteiger partial charge in [0.05, 0.1) is 18.8 Å². The molecule has 0 aliphatic rings. The van der Waals surface area contributed by atoms with Crippen molar-refractivity contribution in [3.05, 3.63) is 45.4 Å². The van der Waals surface area contributed by atoms with Crippen molar-refractivity contribution in [2.45, 2.75) is 47.1 Å². The molecule has 5 nitrogen and oxygen atoms in total. The van der Waals surface area contributed by atoms with Crippen molar-refractivity contribution in [2.75, 3.05) is 19.7 Å². The van der Waals surface area contributed by atoms with Crippen molar-refractivity contribution in [1.82, 2.24) is 15.6 Å². The third-order valence-corrected chi connectivity index (χ3v) is 4.92. The van der Waals surface area contributed by atoms with Crippen LogP contribution in [0.25, 0.3) is 0 Å². The van der Waals surface area contributed by atoms with E-state index >= 15 is 0 Å². The first-order chi connectivity index (χ1) is 12.6. The van der Waals surface area contributed by atoms with Crippen LogP contribution in [0, 0.1) is 13.8 Å². The second kappa shape index (κ2) is 10.8. The van der Waals surface area contributed by atoms with E-state index in [1.807, 2.05) is 19.1 Å². The Morgan fingerprint density at radius 2 is 2.08 bits per heavy atom. The summed E-state index contributed by atoms with van der Waals surface area (Å²) in [5, 5.41) is 7.74. The van der Waals surface area contributed by atoms with Gasteiger partial charge in [-0.15, -0.1) is 11.3 Å². The maximum atomic E-state index is 5.70. The van der Waals surface area contributed by atoms with Gasteiger partial charge in [-0.2, -0.15) is 0 Å². The lowest BCUT2D eigenvalue weighted by molar-refractivity contribution is 0.317. The number of guanidine groups is 1. The number of hydrogen-bond donors (Lipinski definition) is 2. The zero-order valence-corrected chi connectivity index (χ0v) is 17.1. The Bertz CT molecular complexity index is 692. The predicted molar refractivity (Wildman–Crippen MR) is 110 cm³/mol. The number of benzene rings is 1. The van der Waals surface area contributed by atoms with Crippen molar-refractivity contribution in [3.63, 3.8) is 0 Å². The number of thiazole rings is 1. The molecule has 0 radical (unpaired) electrons. The van der Waals surface area contributed by atoms with E-state index in [-0.39, 0.29) is 0 Å². The van der Waals surface area contributed by atoms with Crippen LogP contribution in [0.1, 0.15) is 41.4 Å². The van der Waals surface area contributed by atoms with Crippen LogP contribution in [0.2, 0.25) is 0 Å². The summed E-state index contributed by atoms with van der Waals surface area (Å²) in [7, 11) is 0. The van der Waals surface area contributed by atoms with Gasteiger partial charge in [-0.3, -0.25) is 0 Å². The normalized spacial score (nSPS) is 11.5. The minimum Gasteiger partial charge on any atom is -0.494 e. The number of ether oxygens (including phenoxy) is 1. The number of rotatable bonds is 9. The molecule has 0 spiro atoms. The average molecular weight is 375 g/mol. The molecule has 0 fully saturated rings. The van der Waals surface area contributed by atoms with E-state index < -0.39 is 0 Å². The van der Waals surface area contributed by atoms with Crippen LogP contribution in [0.15, 0.2) is 29.3 Å². The van der Waals surface area contributed by atoms with Crippen molar-refractivity contribution in [2.24, 2.45) is 4.99 Å². The molecular weight excluding hydrogens is 344 g/mol. The fourth-order valence-electron chi connectivity index (χ4n) is 2.43. The van der Waals surface area contributed by atoms with Gasteiger partial charge < -0.3 is 15.4 Å². The van der Waals surface area contributed by atoms with Crippen LogP contribution < -0.4 is 15.4 Å². The lowest BCUT2D eigenvalue weighted by Crippen LogP contribution is -2.38. The van der Waals surface area contributed by atoms with Gasteiger partial charge in [-0.25, -0.2) is 9.98 Å². The molecule has 0 aliphatic carbocycles. The Morgan fingerprint density at radius 3 is 2.77 bits per heavy atom. The highest BCUT2D eigenvalue weighted by Gasteiger charge is 2.04. The summed E-state index contributed by atoms with van der Waals surface area (Å²) in [6.07, 6.45) is 1.94. The van der Waals surface area contributed by atoms with E-state index in [2.05, 4.69) is 53.5 Å². The minimum atomic E-state index is 0.606. The number of aliphatic imine (C=N–C) groups is 1. The lowest BCUT2D eigenvalue weighted by Gasteiger charge is -2.11. The summed E-state index contributed by atoms with van der Waals surface area (Å²) in [6.45, 7) is 11.3. The second-order valence-electron chi connectivity index (χ2n) is 6.12. The van der Waals surface area contributed by atoms with Crippen molar-refractivity contribution < 1.29 is 4.74 Å². The van der Waals surface area contributed by atoms with Gasteiger partial charge in [0.25, 0.3) is 0 Å². The Kier molecular flexibility index (Phi) is 8.41. The number of hydrogen-bond acceptors (Lipinski definition) is 4. The zero-order valence-electron chi connectivity index (χ0n) is 16.3. The molecule has 0 atom stereocenters. The number of nitrogens with zero attached hydrogens (tertiary/aromatic N) is 2. The molecule has 2 N–H and O–H groups in total. The van der Waals surface area contributed by atoms with E-state index in [1.54, 1.807) is 11.3 Å². The average Bonchev–Trinajstić information content (AvgIpc) is 2.96. The summed E-state index contributed by atoms with van der Waals surface area (Å²) in [5.74, 6) is 1.77. The topological polar surface area (TPSA) is 58.5 Å². The molecule has 0 unspecified atom stereocenters. The van der Waals surface area contributed by atoms with Crippen LogP contribution in [-0.4, -0.2) is 30.6 Å². The Labute approximate surface area is 160 Å². The molecule has 0 saturated carbocycles. The lowest BCUT2D eigenvalue weighted by atomic mass is 10.1. The van der Waals surface area contributed by atoms with E-state index in [4.69, 9.17) is 4.74 Å². The number of nitrogens with one attached hydrogen (secondary N) is 2. The Balaban J connectivity index is 1.86. The largest absolute Gasteiger partial charge is 0.494 e. The maximum absolute atomic E-state index is 5.70. The monoisotopic (exact) mass is 374 g/mol. The van der Waals surface area contributed by atoms with Gasteiger partial charge in [0.15, 0.2) is 5.96 Å². The number of aromatic nitrogens is 1. The molecule has 2 aromatic rings. The molecule has 2 rings (SSSR count). The fraction of sp³-hybridized carbons (Fsp3) is 0.500. The van der Waals surface area contributed by atoms with Gasteiger partial charge in [-0.05, 0) is 51.3 Å². The second-order valence-corrected chi connectivity index (χ2v) is 7.40. The molecule has 1 aromatic heterocycles. The van der Waals surface area contributed by atoms with Gasteiger partial charge in [0.1, 0.15) is 10.8 Å². The summed E-state index contributed by atoms with van der Waals surface area (Å²) in [6, 6.07) is 8.30. The van der Waals surface area contributed by atoms with Crippen LogP contribution in [0.5, 0.6) is 5.75 Å². The first kappa shape index (κ1) is 20.2. The highest BCUT2D eigenvalue weighted by atomic mass is 32.1. The molecule has 0 aliphatic heterocycles. The van der Waals surface area contributed by atoms with Gasteiger partial charge in [0.2, 0.25) is 0 Å². The fourth-order valence-corrected chi connectivity index (χ4v) is 3.29. The van der Waals surface area contributed by atoms with E-state index in [1.165, 1.54) is 10.4 Å². The Hall–Kier alpha value is -2.08. The van der Waals surface area contributed by atoms with Crippen LogP contribution in [0.3, 0.4) is 0 Å². The van der Waals surface area contributed by atoms with Gasteiger partial charge in [0, 0.05) is 18.0 Å². The van der Waals surface area contributed by atoms with Crippen molar-refractivity contribution in [1.29, 1.82) is 0 Å². The van der Waals surface area contributed by atoms with Gasteiger partial charge >= 0.3 is 0 Å². The SMILES string of the molecule is CCCOc1cccc(CCNC(=NCc2nc(C)c(C)s2)NCC)c1. The predicted octanol–water partition coefficient (Wildman–Crippen LogP) is 3.85. The quantitative estimate of drug-likeness (QED) is 0.517. The summed E-state index contributed by atoms with van der Waals surface area (Å²) in [5.41, 5.74) is 2.36. The molecule has 0 amide bonds. The molecule has 26 heavy (non-hydrogen) atoms. The first-order valence-electron chi connectivity index (χ1n) is 9.29. The van der Waals surface area contributed by atoms with E-state index in [0.717, 1.165) is 54.9 Å². The first-order valence-corrected chi connectivity index (χ1v) is 10.1. The Morgan fingerprint density at radius 1 is 1.23 bits per heavy atom. The smallest absolute Gasteiger partial charge is 0.191 e. The third kappa shape index (κ3) is 6.67. The standard InChI is InChI=1S/C20H30N4OS/c1-5-12-25-18-9-7-8-17(13-18)10-11-22-20(21-6-2)23-14-19-24-15(3)16(4)26-19/h7-9,13H,5-6,10-12,14H2,1-4H3,(H2,21,22,23). The van der Waals surface area contributed by atoms with Gasteiger partial charge in [-0.1, -0.05) is 19.1 Å². The zero-order chi connectivity index (χ0) is 18.8. The molecule has 0 saturated heterocycles. The summed E-state index contributed by atoms with van der Waals surface area (Å²) < 4.78 is 5.70. The van der Waals surface area contributed by atoms with Crippen LogP contribution in [-0.2, 0) is 13.0 Å². The molecular formula is C20H30N4OS.